The number of benzene rings is 1. The molecule has 1 aliphatic heterocycles. The van der Waals surface area contributed by atoms with Crippen LogP contribution in [0.25, 0.3) is 0 Å². The van der Waals surface area contributed by atoms with E-state index in [4.69, 9.17) is 5.11 Å². The third-order valence-corrected chi connectivity index (χ3v) is 4.10. The highest BCUT2D eigenvalue weighted by Crippen LogP contribution is 2.18. The Labute approximate surface area is 118 Å². The predicted octanol–water partition coefficient (Wildman–Crippen LogP) is 2.05. The van der Waals surface area contributed by atoms with E-state index in [0.717, 1.165) is 18.7 Å². The fourth-order valence-electron chi connectivity index (χ4n) is 2.74. The number of rotatable bonds is 3. The maximum Gasteiger partial charge on any atom is 0.338 e. The van der Waals surface area contributed by atoms with Crippen molar-refractivity contribution in [3.05, 3.63) is 35.1 Å². The van der Waals surface area contributed by atoms with Crippen molar-refractivity contribution in [2.45, 2.75) is 32.5 Å². The number of carbonyl (C=O) groups is 1. The number of nitrogens with zero attached hydrogens (tertiary/aromatic N) is 2. The van der Waals surface area contributed by atoms with Gasteiger partial charge in [0.25, 0.3) is 0 Å². The Morgan fingerprint density at radius 1 is 1.35 bits per heavy atom. The van der Waals surface area contributed by atoms with Crippen LogP contribution in [-0.2, 0) is 6.54 Å². The van der Waals surface area contributed by atoms with Crippen molar-refractivity contribution in [1.82, 2.24) is 9.80 Å². The Morgan fingerprint density at radius 2 is 1.95 bits per heavy atom. The Balaban J connectivity index is 2.11. The molecule has 0 radical (unpaired) electrons. The molecule has 0 saturated carbocycles. The van der Waals surface area contributed by atoms with Crippen molar-refractivity contribution in [1.29, 1.82) is 0 Å². The third-order valence-electron chi connectivity index (χ3n) is 4.10. The van der Waals surface area contributed by atoms with Crippen LogP contribution in [0, 0.1) is 5.82 Å². The molecule has 1 N–H and O–H groups in total. The number of hydrogen-bond donors (Lipinski definition) is 1. The van der Waals surface area contributed by atoms with Gasteiger partial charge in [-0.15, -0.1) is 0 Å². The van der Waals surface area contributed by atoms with E-state index in [1.807, 2.05) is 0 Å². The van der Waals surface area contributed by atoms with Crippen LogP contribution in [0.15, 0.2) is 18.2 Å². The molecule has 110 valence electrons. The first-order chi connectivity index (χ1) is 9.38. The topological polar surface area (TPSA) is 43.8 Å². The molecule has 0 spiro atoms. The normalized spacial score (nSPS) is 24.8. The van der Waals surface area contributed by atoms with Crippen molar-refractivity contribution in [3.8, 4) is 0 Å². The van der Waals surface area contributed by atoms with E-state index in [1.165, 1.54) is 12.1 Å². The van der Waals surface area contributed by atoms with Crippen molar-refractivity contribution in [2.24, 2.45) is 0 Å². The molecule has 4 nitrogen and oxygen atoms in total. The maximum atomic E-state index is 13.4. The molecule has 0 aromatic heterocycles. The summed E-state index contributed by atoms with van der Waals surface area (Å²) in [6.45, 7) is 6.87. The van der Waals surface area contributed by atoms with E-state index >= 15 is 0 Å². The van der Waals surface area contributed by atoms with Crippen molar-refractivity contribution >= 4 is 5.97 Å². The van der Waals surface area contributed by atoms with Gasteiger partial charge in [-0.25, -0.2) is 9.18 Å². The quantitative estimate of drug-likeness (QED) is 0.920. The first-order valence-electron chi connectivity index (χ1n) is 6.84. The highest BCUT2D eigenvalue weighted by Gasteiger charge is 2.26. The number of hydrogen-bond acceptors (Lipinski definition) is 3. The lowest BCUT2D eigenvalue weighted by molar-refractivity contribution is 0.0555. The second kappa shape index (κ2) is 5.89. The molecule has 1 saturated heterocycles. The van der Waals surface area contributed by atoms with Gasteiger partial charge < -0.3 is 5.11 Å². The number of piperazine rings is 1. The molecule has 1 aromatic rings. The summed E-state index contributed by atoms with van der Waals surface area (Å²) < 4.78 is 13.4. The number of carboxylic acid groups (broad SMARTS) is 1. The van der Waals surface area contributed by atoms with Gasteiger partial charge in [0.1, 0.15) is 5.82 Å². The van der Waals surface area contributed by atoms with Crippen molar-refractivity contribution in [2.75, 3.05) is 20.1 Å². The average molecular weight is 280 g/mol. The molecule has 0 bridgehead atoms. The highest BCUT2D eigenvalue weighted by molar-refractivity contribution is 5.88. The fraction of sp³-hybridized carbons (Fsp3) is 0.533. The number of likely N-dealkylation sites (N-methyl/N-ethyl adjacent to an activating group) is 1. The van der Waals surface area contributed by atoms with Gasteiger partial charge in [-0.05, 0) is 38.6 Å². The molecular weight excluding hydrogens is 259 g/mol. The van der Waals surface area contributed by atoms with Crippen LogP contribution >= 0.6 is 0 Å². The largest absolute Gasteiger partial charge is 0.478 e. The molecule has 1 heterocycles. The molecule has 5 heteroatoms. The van der Waals surface area contributed by atoms with Crippen molar-refractivity contribution < 1.29 is 14.3 Å². The van der Waals surface area contributed by atoms with Gasteiger partial charge in [0.05, 0.1) is 5.56 Å². The molecular formula is C15H21FN2O2. The SMILES string of the molecule is CC1CN(Cc2ccc(F)c(C(=O)O)c2)CC(C)N1C. The molecule has 2 rings (SSSR count). The predicted molar refractivity (Wildman–Crippen MR) is 75.3 cm³/mol. The second-order valence-corrected chi connectivity index (χ2v) is 5.68. The minimum Gasteiger partial charge on any atom is -0.478 e. The van der Waals surface area contributed by atoms with Crippen LogP contribution < -0.4 is 0 Å². The summed E-state index contributed by atoms with van der Waals surface area (Å²) in [7, 11) is 2.12. The first-order valence-corrected chi connectivity index (χ1v) is 6.84. The van der Waals surface area contributed by atoms with Crippen LogP contribution in [0.3, 0.4) is 0 Å². The molecule has 1 aromatic carbocycles. The monoisotopic (exact) mass is 280 g/mol. The minimum atomic E-state index is -1.22. The van der Waals surface area contributed by atoms with Crippen LogP contribution in [0.1, 0.15) is 29.8 Å². The molecule has 2 atom stereocenters. The van der Waals surface area contributed by atoms with Gasteiger partial charge >= 0.3 is 5.97 Å². The molecule has 0 amide bonds. The van der Waals surface area contributed by atoms with E-state index in [1.54, 1.807) is 6.07 Å². The van der Waals surface area contributed by atoms with Gasteiger partial charge in [-0.1, -0.05) is 6.07 Å². The highest BCUT2D eigenvalue weighted by atomic mass is 19.1. The fourth-order valence-corrected chi connectivity index (χ4v) is 2.74. The zero-order valence-electron chi connectivity index (χ0n) is 12.1. The van der Waals surface area contributed by atoms with Gasteiger partial charge in [-0.2, -0.15) is 0 Å². The van der Waals surface area contributed by atoms with Crippen molar-refractivity contribution in [3.63, 3.8) is 0 Å². The molecule has 2 unspecified atom stereocenters. The Morgan fingerprint density at radius 3 is 2.50 bits per heavy atom. The maximum absolute atomic E-state index is 13.4. The minimum absolute atomic E-state index is 0.252. The Kier molecular flexibility index (Phi) is 4.40. The van der Waals surface area contributed by atoms with E-state index in [-0.39, 0.29) is 5.56 Å². The number of halogens is 1. The van der Waals surface area contributed by atoms with Crippen LogP contribution in [0.5, 0.6) is 0 Å². The molecule has 1 fully saturated rings. The summed E-state index contributed by atoms with van der Waals surface area (Å²) in [6.07, 6.45) is 0. The summed E-state index contributed by atoms with van der Waals surface area (Å²) >= 11 is 0. The Hall–Kier alpha value is -1.46. The Bertz CT molecular complexity index is 495. The average Bonchev–Trinajstić information content (AvgIpc) is 2.38. The molecule has 1 aliphatic rings. The first kappa shape index (κ1) is 14.9. The number of aromatic carboxylic acids is 1. The lowest BCUT2D eigenvalue weighted by Gasteiger charge is -2.42. The summed E-state index contributed by atoms with van der Waals surface area (Å²) in [4.78, 5) is 15.6. The third kappa shape index (κ3) is 3.16. The zero-order valence-corrected chi connectivity index (χ0v) is 12.1. The summed E-state index contributed by atoms with van der Waals surface area (Å²) in [5, 5.41) is 8.95. The molecule has 0 aliphatic carbocycles. The van der Waals surface area contributed by atoms with E-state index in [2.05, 4.69) is 30.7 Å². The standard InChI is InChI=1S/C15H21FN2O2/c1-10-7-18(8-11(2)17(10)3)9-12-4-5-14(16)13(6-12)15(19)20/h4-6,10-11H,7-9H2,1-3H3,(H,19,20). The molecule has 20 heavy (non-hydrogen) atoms. The zero-order chi connectivity index (χ0) is 14.9. The van der Waals surface area contributed by atoms with Gasteiger partial charge in [0.2, 0.25) is 0 Å². The summed E-state index contributed by atoms with van der Waals surface area (Å²) in [5.74, 6) is -1.90. The summed E-state index contributed by atoms with van der Waals surface area (Å²) in [5.41, 5.74) is 0.588. The van der Waals surface area contributed by atoms with E-state index < -0.39 is 11.8 Å². The van der Waals surface area contributed by atoms with E-state index in [0.29, 0.717) is 18.6 Å². The summed E-state index contributed by atoms with van der Waals surface area (Å²) in [6, 6.07) is 5.25. The lowest BCUT2D eigenvalue weighted by atomic mass is 10.1. The number of carboxylic acids is 1. The van der Waals surface area contributed by atoms with Crippen LogP contribution in [0.4, 0.5) is 4.39 Å². The van der Waals surface area contributed by atoms with Crippen LogP contribution in [-0.4, -0.2) is 53.1 Å². The van der Waals surface area contributed by atoms with Gasteiger partial charge in [0.15, 0.2) is 0 Å². The lowest BCUT2D eigenvalue weighted by Crippen LogP contribution is -2.54. The second-order valence-electron chi connectivity index (χ2n) is 5.68. The van der Waals surface area contributed by atoms with Crippen LogP contribution in [0.2, 0.25) is 0 Å². The van der Waals surface area contributed by atoms with Gasteiger partial charge in [0, 0.05) is 31.7 Å². The smallest absolute Gasteiger partial charge is 0.338 e. The van der Waals surface area contributed by atoms with E-state index in [9.17, 15) is 9.18 Å². The van der Waals surface area contributed by atoms with Gasteiger partial charge in [-0.3, -0.25) is 9.80 Å².